The molecule has 0 fully saturated rings. The minimum atomic E-state index is -0.796. The van der Waals surface area contributed by atoms with Crippen LogP contribution in [-0.2, 0) is 9.59 Å². The predicted molar refractivity (Wildman–Crippen MR) is 66.9 cm³/mol. The van der Waals surface area contributed by atoms with Gasteiger partial charge < -0.3 is 10.4 Å². The lowest BCUT2D eigenvalue weighted by atomic mass is 10.2. The van der Waals surface area contributed by atoms with Crippen molar-refractivity contribution in [2.45, 2.75) is 52.1 Å². The quantitative estimate of drug-likeness (QED) is 0.670. The molecule has 0 heterocycles. The number of rotatable bonds is 8. The van der Waals surface area contributed by atoms with E-state index in [2.05, 4.69) is 5.32 Å². The highest BCUT2D eigenvalue weighted by Crippen LogP contribution is 2.01. The SMILES string of the molecule is CCC(C)NC(=O)C(C)N(C)CCCC(=O)O. The van der Waals surface area contributed by atoms with Gasteiger partial charge in [-0.05, 0) is 40.3 Å². The second kappa shape index (κ2) is 8.06. The first-order chi connectivity index (χ1) is 7.88. The fourth-order valence-corrected chi connectivity index (χ4v) is 1.34. The molecule has 2 N–H and O–H groups in total. The average molecular weight is 244 g/mol. The lowest BCUT2D eigenvalue weighted by Gasteiger charge is -2.25. The maximum Gasteiger partial charge on any atom is 0.303 e. The summed E-state index contributed by atoms with van der Waals surface area (Å²) in [5.74, 6) is -0.799. The third-order valence-corrected chi connectivity index (χ3v) is 2.94. The number of carboxylic acids is 1. The molecule has 0 bridgehead atoms. The van der Waals surface area contributed by atoms with Gasteiger partial charge in [0.25, 0.3) is 0 Å². The van der Waals surface area contributed by atoms with Crippen LogP contribution in [0.1, 0.15) is 40.0 Å². The van der Waals surface area contributed by atoms with Crippen LogP contribution in [0.3, 0.4) is 0 Å². The van der Waals surface area contributed by atoms with Crippen LogP contribution in [0, 0.1) is 0 Å². The molecule has 0 radical (unpaired) electrons. The maximum atomic E-state index is 11.8. The van der Waals surface area contributed by atoms with Gasteiger partial charge in [-0.3, -0.25) is 14.5 Å². The highest BCUT2D eigenvalue weighted by Gasteiger charge is 2.18. The van der Waals surface area contributed by atoms with Gasteiger partial charge in [0.15, 0.2) is 0 Å². The monoisotopic (exact) mass is 244 g/mol. The van der Waals surface area contributed by atoms with Gasteiger partial charge in [-0.2, -0.15) is 0 Å². The third-order valence-electron chi connectivity index (χ3n) is 2.94. The fraction of sp³-hybridized carbons (Fsp3) is 0.833. The molecule has 17 heavy (non-hydrogen) atoms. The molecule has 0 aliphatic carbocycles. The van der Waals surface area contributed by atoms with E-state index < -0.39 is 5.97 Å². The van der Waals surface area contributed by atoms with E-state index in [1.807, 2.05) is 32.7 Å². The highest BCUT2D eigenvalue weighted by molar-refractivity contribution is 5.81. The molecule has 0 aliphatic heterocycles. The number of likely N-dealkylation sites (N-methyl/N-ethyl adjacent to an activating group) is 1. The molecule has 0 aromatic rings. The van der Waals surface area contributed by atoms with Crippen LogP contribution >= 0.6 is 0 Å². The van der Waals surface area contributed by atoms with Crippen molar-refractivity contribution in [2.75, 3.05) is 13.6 Å². The Hall–Kier alpha value is -1.10. The van der Waals surface area contributed by atoms with Crippen LogP contribution in [0.5, 0.6) is 0 Å². The molecule has 0 aromatic heterocycles. The molecule has 100 valence electrons. The number of aliphatic carboxylic acids is 1. The number of carboxylic acid groups (broad SMARTS) is 1. The Labute approximate surface area is 103 Å². The van der Waals surface area contributed by atoms with E-state index in [-0.39, 0.29) is 24.4 Å². The largest absolute Gasteiger partial charge is 0.481 e. The summed E-state index contributed by atoms with van der Waals surface area (Å²) in [6.07, 6.45) is 1.61. The number of carbonyl (C=O) groups is 2. The van der Waals surface area contributed by atoms with E-state index in [1.54, 1.807) is 0 Å². The predicted octanol–water partition coefficient (Wildman–Crippen LogP) is 1.09. The van der Waals surface area contributed by atoms with Crippen molar-refractivity contribution in [3.05, 3.63) is 0 Å². The normalized spacial score (nSPS) is 14.4. The first-order valence-corrected chi connectivity index (χ1v) is 6.10. The van der Waals surface area contributed by atoms with E-state index in [1.165, 1.54) is 0 Å². The van der Waals surface area contributed by atoms with E-state index in [9.17, 15) is 9.59 Å². The molecule has 1 amide bonds. The summed E-state index contributed by atoms with van der Waals surface area (Å²) in [6.45, 7) is 6.43. The van der Waals surface area contributed by atoms with E-state index in [4.69, 9.17) is 5.11 Å². The van der Waals surface area contributed by atoms with Gasteiger partial charge in [-0.15, -0.1) is 0 Å². The molecule has 2 unspecified atom stereocenters. The standard InChI is InChI=1S/C12H24N2O3/c1-5-9(2)13-12(17)10(3)14(4)8-6-7-11(15)16/h9-10H,5-8H2,1-4H3,(H,13,17)(H,15,16). The summed E-state index contributed by atoms with van der Waals surface area (Å²) in [6, 6.07) is -0.0461. The molecule has 0 aliphatic rings. The Morgan fingerprint density at radius 2 is 1.94 bits per heavy atom. The number of carbonyl (C=O) groups excluding carboxylic acids is 1. The lowest BCUT2D eigenvalue weighted by molar-refractivity contribution is -0.137. The Bertz CT molecular complexity index is 256. The van der Waals surface area contributed by atoms with Gasteiger partial charge >= 0.3 is 5.97 Å². The van der Waals surface area contributed by atoms with Crippen molar-refractivity contribution in [2.24, 2.45) is 0 Å². The van der Waals surface area contributed by atoms with Crippen molar-refractivity contribution in [1.29, 1.82) is 0 Å². The van der Waals surface area contributed by atoms with Gasteiger partial charge in [0.05, 0.1) is 6.04 Å². The van der Waals surface area contributed by atoms with E-state index >= 15 is 0 Å². The Balaban J connectivity index is 3.98. The topological polar surface area (TPSA) is 69.6 Å². The summed E-state index contributed by atoms with van der Waals surface area (Å²) in [5.41, 5.74) is 0. The number of hydrogen-bond donors (Lipinski definition) is 2. The van der Waals surface area contributed by atoms with Crippen molar-refractivity contribution in [3.63, 3.8) is 0 Å². The molecule has 0 spiro atoms. The van der Waals surface area contributed by atoms with Crippen LogP contribution in [0.2, 0.25) is 0 Å². The smallest absolute Gasteiger partial charge is 0.303 e. The molecule has 0 rings (SSSR count). The zero-order valence-electron chi connectivity index (χ0n) is 11.2. The number of hydrogen-bond acceptors (Lipinski definition) is 3. The van der Waals surface area contributed by atoms with Gasteiger partial charge in [0.1, 0.15) is 0 Å². The number of nitrogens with one attached hydrogen (secondary N) is 1. The molecule has 0 saturated heterocycles. The molecule has 2 atom stereocenters. The maximum absolute atomic E-state index is 11.8. The molecule has 5 heteroatoms. The second-order valence-corrected chi connectivity index (χ2v) is 4.47. The van der Waals surface area contributed by atoms with Crippen LogP contribution in [0.4, 0.5) is 0 Å². The van der Waals surface area contributed by atoms with Gasteiger partial charge in [0, 0.05) is 12.5 Å². The van der Waals surface area contributed by atoms with Gasteiger partial charge in [-0.25, -0.2) is 0 Å². The molecule has 0 aromatic carbocycles. The minimum absolute atomic E-state index is 0.00262. The van der Waals surface area contributed by atoms with Crippen molar-refractivity contribution >= 4 is 11.9 Å². The van der Waals surface area contributed by atoms with Crippen molar-refractivity contribution in [3.8, 4) is 0 Å². The van der Waals surface area contributed by atoms with Gasteiger partial charge in [-0.1, -0.05) is 6.92 Å². The first-order valence-electron chi connectivity index (χ1n) is 6.10. The summed E-state index contributed by atoms with van der Waals surface area (Å²) in [7, 11) is 1.84. The Kier molecular flexibility index (Phi) is 7.54. The van der Waals surface area contributed by atoms with Crippen LogP contribution in [-0.4, -0.2) is 47.6 Å². The van der Waals surface area contributed by atoms with Gasteiger partial charge in [0.2, 0.25) is 5.91 Å². The van der Waals surface area contributed by atoms with E-state index in [0.29, 0.717) is 13.0 Å². The lowest BCUT2D eigenvalue weighted by Crippen LogP contribution is -2.46. The molecular formula is C12H24N2O3. The summed E-state index contributed by atoms with van der Waals surface area (Å²) in [5, 5.41) is 11.4. The summed E-state index contributed by atoms with van der Waals surface area (Å²) in [4.78, 5) is 24.0. The third kappa shape index (κ3) is 6.94. The van der Waals surface area contributed by atoms with Crippen molar-refractivity contribution < 1.29 is 14.7 Å². The highest BCUT2D eigenvalue weighted by atomic mass is 16.4. The number of nitrogens with zero attached hydrogens (tertiary/aromatic N) is 1. The van der Waals surface area contributed by atoms with Crippen LogP contribution in [0.15, 0.2) is 0 Å². The first kappa shape index (κ1) is 15.9. The zero-order chi connectivity index (χ0) is 13.4. The fourth-order valence-electron chi connectivity index (χ4n) is 1.34. The van der Waals surface area contributed by atoms with Crippen LogP contribution < -0.4 is 5.32 Å². The van der Waals surface area contributed by atoms with Crippen LogP contribution in [0.25, 0.3) is 0 Å². The summed E-state index contributed by atoms with van der Waals surface area (Å²) >= 11 is 0. The zero-order valence-corrected chi connectivity index (χ0v) is 11.2. The number of amides is 1. The van der Waals surface area contributed by atoms with E-state index in [0.717, 1.165) is 6.42 Å². The van der Waals surface area contributed by atoms with Crippen molar-refractivity contribution in [1.82, 2.24) is 10.2 Å². The Morgan fingerprint density at radius 3 is 2.41 bits per heavy atom. The molecule has 5 nitrogen and oxygen atoms in total. The second-order valence-electron chi connectivity index (χ2n) is 4.47. The summed E-state index contributed by atoms with van der Waals surface area (Å²) < 4.78 is 0. The minimum Gasteiger partial charge on any atom is -0.481 e. The molecular weight excluding hydrogens is 220 g/mol. The molecule has 0 saturated carbocycles. The Morgan fingerprint density at radius 1 is 1.35 bits per heavy atom. The average Bonchev–Trinajstić information content (AvgIpc) is 2.26.